The summed E-state index contributed by atoms with van der Waals surface area (Å²) in [7, 11) is 3.12. The standard InChI is InChI=1S/C19H21NO5/c1-24-15-9-10-16(25-2)14(12-15)8-11-17(21)20-18(19(22)23)13-6-4-3-5-7-13/h3-7,9-10,12,18H,8,11H2,1-2H3,(H,20,21)(H,22,23)/t18-/m0/s1. The summed E-state index contributed by atoms with van der Waals surface area (Å²) in [4.78, 5) is 23.7. The zero-order chi connectivity index (χ0) is 18.2. The molecule has 25 heavy (non-hydrogen) atoms. The molecule has 0 aliphatic heterocycles. The second-order valence-electron chi connectivity index (χ2n) is 5.43. The van der Waals surface area contributed by atoms with Crippen LogP contribution in [0, 0.1) is 0 Å². The van der Waals surface area contributed by atoms with Gasteiger partial charge in [0.15, 0.2) is 6.04 Å². The van der Waals surface area contributed by atoms with Gasteiger partial charge in [-0.05, 0) is 35.7 Å². The van der Waals surface area contributed by atoms with Crippen LogP contribution in [0.15, 0.2) is 48.5 Å². The van der Waals surface area contributed by atoms with E-state index in [2.05, 4.69) is 5.32 Å². The summed E-state index contributed by atoms with van der Waals surface area (Å²) in [6.45, 7) is 0. The number of methoxy groups -OCH3 is 2. The monoisotopic (exact) mass is 343 g/mol. The molecule has 0 aliphatic rings. The molecule has 6 heteroatoms. The summed E-state index contributed by atoms with van der Waals surface area (Å²) in [6.07, 6.45) is 0.549. The van der Waals surface area contributed by atoms with Crippen molar-refractivity contribution in [3.63, 3.8) is 0 Å². The van der Waals surface area contributed by atoms with E-state index in [-0.39, 0.29) is 12.3 Å². The third-order valence-electron chi connectivity index (χ3n) is 3.79. The Balaban J connectivity index is 2.03. The van der Waals surface area contributed by atoms with E-state index in [1.54, 1.807) is 62.8 Å². The molecule has 2 aromatic rings. The van der Waals surface area contributed by atoms with E-state index < -0.39 is 12.0 Å². The summed E-state index contributed by atoms with van der Waals surface area (Å²) < 4.78 is 10.5. The van der Waals surface area contributed by atoms with Crippen molar-refractivity contribution in [1.29, 1.82) is 0 Å². The number of carbonyl (C=O) groups is 2. The molecule has 0 radical (unpaired) electrons. The minimum atomic E-state index is -1.10. The minimum Gasteiger partial charge on any atom is -0.497 e. The van der Waals surface area contributed by atoms with Crippen molar-refractivity contribution in [2.45, 2.75) is 18.9 Å². The molecule has 2 rings (SSSR count). The summed E-state index contributed by atoms with van der Waals surface area (Å²) in [6, 6.07) is 12.9. The van der Waals surface area contributed by atoms with E-state index in [1.165, 1.54) is 0 Å². The van der Waals surface area contributed by atoms with Crippen LogP contribution in [0.4, 0.5) is 0 Å². The quantitative estimate of drug-likeness (QED) is 0.769. The fourth-order valence-corrected chi connectivity index (χ4v) is 2.49. The molecule has 0 unspecified atom stereocenters. The number of ether oxygens (including phenoxy) is 2. The van der Waals surface area contributed by atoms with Crippen molar-refractivity contribution in [2.75, 3.05) is 14.2 Å². The molecule has 2 N–H and O–H groups in total. The van der Waals surface area contributed by atoms with Crippen molar-refractivity contribution in [2.24, 2.45) is 0 Å². The highest BCUT2D eigenvalue weighted by Gasteiger charge is 2.21. The van der Waals surface area contributed by atoms with Gasteiger partial charge in [-0.2, -0.15) is 0 Å². The number of carboxylic acid groups (broad SMARTS) is 1. The first-order valence-corrected chi connectivity index (χ1v) is 7.83. The Morgan fingerprint density at radius 3 is 2.40 bits per heavy atom. The number of hydrogen-bond donors (Lipinski definition) is 2. The fraction of sp³-hybridized carbons (Fsp3) is 0.263. The number of amides is 1. The predicted octanol–water partition coefficient (Wildman–Crippen LogP) is 2.58. The summed E-state index contributed by atoms with van der Waals surface area (Å²) in [5.74, 6) is -0.116. The molecule has 0 aliphatic carbocycles. The molecule has 2 aromatic carbocycles. The van der Waals surface area contributed by atoms with Crippen LogP contribution in [-0.4, -0.2) is 31.2 Å². The third-order valence-corrected chi connectivity index (χ3v) is 3.79. The van der Waals surface area contributed by atoms with Crippen LogP contribution < -0.4 is 14.8 Å². The second-order valence-corrected chi connectivity index (χ2v) is 5.43. The van der Waals surface area contributed by atoms with Crippen LogP contribution in [0.25, 0.3) is 0 Å². The first kappa shape index (κ1) is 18.3. The smallest absolute Gasteiger partial charge is 0.330 e. The van der Waals surface area contributed by atoms with E-state index in [9.17, 15) is 14.7 Å². The Labute approximate surface area is 146 Å². The van der Waals surface area contributed by atoms with Crippen LogP contribution in [0.3, 0.4) is 0 Å². The van der Waals surface area contributed by atoms with Crippen molar-refractivity contribution in [3.05, 3.63) is 59.7 Å². The molecule has 0 bridgehead atoms. The number of rotatable bonds is 8. The molecule has 0 aromatic heterocycles. The second kappa shape index (κ2) is 8.73. The van der Waals surface area contributed by atoms with Crippen LogP contribution >= 0.6 is 0 Å². The van der Waals surface area contributed by atoms with Gasteiger partial charge in [0, 0.05) is 6.42 Å². The molecule has 0 spiro atoms. The van der Waals surface area contributed by atoms with Gasteiger partial charge in [-0.1, -0.05) is 30.3 Å². The Morgan fingerprint density at radius 2 is 1.80 bits per heavy atom. The van der Waals surface area contributed by atoms with Gasteiger partial charge in [0.2, 0.25) is 5.91 Å². The van der Waals surface area contributed by atoms with Gasteiger partial charge in [-0.25, -0.2) is 4.79 Å². The van der Waals surface area contributed by atoms with Gasteiger partial charge < -0.3 is 19.9 Å². The van der Waals surface area contributed by atoms with Crippen molar-refractivity contribution < 1.29 is 24.2 Å². The molecule has 0 saturated heterocycles. The summed E-state index contributed by atoms with van der Waals surface area (Å²) >= 11 is 0. The van der Waals surface area contributed by atoms with Gasteiger partial charge >= 0.3 is 5.97 Å². The molecular formula is C19H21NO5. The highest BCUT2D eigenvalue weighted by Crippen LogP contribution is 2.25. The maximum Gasteiger partial charge on any atom is 0.330 e. The molecule has 1 atom stereocenters. The lowest BCUT2D eigenvalue weighted by molar-refractivity contribution is -0.142. The average Bonchev–Trinajstić information content (AvgIpc) is 2.64. The SMILES string of the molecule is COc1ccc(OC)c(CCC(=O)N[C@H](C(=O)O)c2ccccc2)c1. The van der Waals surface area contributed by atoms with Crippen LogP contribution in [0.1, 0.15) is 23.6 Å². The molecule has 0 heterocycles. The molecule has 0 fully saturated rings. The minimum absolute atomic E-state index is 0.139. The highest BCUT2D eigenvalue weighted by atomic mass is 16.5. The summed E-state index contributed by atoms with van der Waals surface area (Å²) in [5, 5.41) is 11.9. The van der Waals surface area contributed by atoms with Crippen molar-refractivity contribution in [3.8, 4) is 11.5 Å². The molecule has 0 saturated carbocycles. The number of hydrogen-bond acceptors (Lipinski definition) is 4. The van der Waals surface area contributed by atoms with E-state index in [0.29, 0.717) is 23.5 Å². The van der Waals surface area contributed by atoms with Gasteiger partial charge in [0.05, 0.1) is 14.2 Å². The third kappa shape index (κ3) is 4.97. The van der Waals surface area contributed by atoms with E-state index in [1.807, 2.05) is 0 Å². The van der Waals surface area contributed by atoms with Gasteiger partial charge in [0.25, 0.3) is 0 Å². The number of carboxylic acids is 1. The van der Waals surface area contributed by atoms with Crippen LogP contribution in [0.2, 0.25) is 0 Å². The van der Waals surface area contributed by atoms with Gasteiger partial charge in [-0.3, -0.25) is 4.79 Å². The van der Waals surface area contributed by atoms with E-state index in [0.717, 1.165) is 5.56 Å². The van der Waals surface area contributed by atoms with Crippen molar-refractivity contribution >= 4 is 11.9 Å². The topological polar surface area (TPSA) is 84.9 Å². The van der Waals surface area contributed by atoms with E-state index >= 15 is 0 Å². The molecule has 1 amide bonds. The van der Waals surface area contributed by atoms with Gasteiger partial charge in [-0.15, -0.1) is 0 Å². The van der Waals surface area contributed by atoms with Gasteiger partial charge in [0.1, 0.15) is 11.5 Å². The normalized spacial score (nSPS) is 11.4. The highest BCUT2D eigenvalue weighted by molar-refractivity contribution is 5.84. The zero-order valence-corrected chi connectivity index (χ0v) is 14.2. The van der Waals surface area contributed by atoms with Crippen LogP contribution in [0.5, 0.6) is 11.5 Å². The maximum atomic E-state index is 12.2. The largest absolute Gasteiger partial charge is 0.497 e. The summed E-state index contributed by atoms with van der Waals surface area (Å²) in [5.41, 5.74) is 1.35. The molecule has 132 valence electrons. The first-order valence-electron chi connectivity index (χ1n) is 7.83. The Morgan fingerprint density at radius 1 is 1.08 bits per heavy atom. The number of aryl methyl sites for hydroxylation is 1. The van der Waals surface area contributed by atoms with E-state index in [4.69, 9.17) is 9.47 Å². The fourth-order valence-electron chi connectivity index (χ4n) is 2.49. The predicted molar refractivity (Wildman–Crippen MR) is 92.8 cm³/mol. The lowest BCUT2D eigenvalue weighted by Gasteiger charge is -2.15. The Kier molecular flexibility index (Phi) is 6.39. The molecule has 6 nitrogen and oxygen atoms in total. The average molecular weight is 343 g/mol. The van der Waals surface area contributed by atoms with Crippen LogP contribution in [-0.2, 0) is 16.0 Å². The number of nitrogens with one attached hydrogen (secondary N) is 1. The lowest BCUT2D eigenvalue weighted by Crippen LogP contribution is -2.33. The number of aliphatic carboxylic acids is 1. The Hall–Kier alpha value is -3.02. The number of carbonyl (C=O) groups excluding carboxylic acids is 1. The van der Waals surface area contributed by atoms with Crippen molar-refractivity contribution in [1.82, 2.24) is 5.32 Å². The number of benzene rings is 2. The maximum absolute atomic E-state index is 12.2. The molecular weight excluding hydrogens is 322 g/mol. The lowest BCUT2D eigenvalue weighted by atomic mass is 10.1. The Bertz CT molecular complexity index is 730. The zero-order valence-electron chi connectivity index (χ0n) is 14.2. The first-order chi connectivity index (χ1) is 12.0.